The molecule has 3 heterocycles. The number of carbonyl (C=O) groups excluding carboxylic acids is 1. The predicted molar refractivity (Wildman–Crippen MR) is 104 cm³/mol. The summed E-state index contributed by atoms with van der Waals surface area (Å²) in [7, 11) is 0. The lowest BCUT2D eigenvalue weighted by Crippen LogP contribution is -2.53. The van der Waals surface area contributed by atoms with Crippen molar-refractivity contribution in [1.82, 2.24) is 4.98 Å². The highest BCUT2D eigenvalue weighted by Gasteiger charge is 2.41. The van der Waals surface area contributed by atoms with Gasteiger partial charge in [-0.05, 0) is 56.0 Å². The van der Waals surface area contributed by atoms with Crippen LogP contribution in [0.2, 0.25) is 0 Å². The van der Waals surface area contributed by atoms with Crippen molar-refractivity contribution in [3.05, 3.63) is 47.7 Å². The van der Waals surface area contributed by atoms with Crippen molar-refractivity contribution in [2.75, 3.05) is 29.5 Å². The van der Waals surface area contributed by atoms with E-state index < -0.39 is 6.10 Å². The van der Waals surface area contributed by atoms with Gasteiger partial charge in [-0.3, -0.25) is 4.79 Å². The molecule has 0 spiro atoms. The third kappa shape index (κ3) is 3.25. The van der Waals surface area contributed by atoms with Crippen LogP contribution in [0.1, 0.15) is 24.0 Å². The molecule has 1 fully saturated rings. The van der Waals surface area contributed by atoms with Gasteiger partial charge < -0.3 is 19.6 Å². The second kappa shape index (κ2) is 7.19. The highest BCUT2D eigenvalue weighted by Crippen LogP contribution is 2.38. The number of benzene rings is 1. The molecule has 4 rings (SSSR count). The Bertz CT molecular complexity index is 854. The lowest BCUT2D eigenvalue weighted by molar-refractivity contribution is -0.120. The minimum Gasteiger partial charge on any atom is -0.491 e. The Kier molecular flexibility index (Phi) is 4.74. The van der Waals surface area contributed by atoms with Crippen molar-refractivity contribution >= 4 is 17.4 Å². The summed E-state index contributed by atoms with van der Waals surface area (Å²) in [6.07, 6.45) is 2.79. The monoisotopic (exact) mass is 367 g/mol. The molecule has 6 nitrogen and oxygen atoms in total. The van der Waals surface area contributed by atoms with E-state index in [1.807, 2.05) is 44.2 Å². The Labute approximate surface area is 159 Å². The number of hydrogen-bond donors (Lipinski definition) is 1. The summed E-state index contributed by atoms with van der Waals surface area (Å²) in [6, 6.07) is 9.43. The molecule has 2 aliphatic rings. The van der Waals surface area contributed by atoms with E-state index in [1.54, 1.807) is 11.1 Å². The van der Waals surface area contributed by atoms with E-state index in [1.165, 1.54) is 0 Å². The van der Waals surface area contributed by atoms with E-state index in [0.29, 0.717) is 0 Å². The van der Waals surface area contributed by atoms with E-state index in [0.717, 1.165) is 47.8 Å². The number of aromatic nitrogens is 1. The Morgan fingerprint density at radius 2 is 2.15 bits per heavy atom. The van der Waals surface area contributed by atoms with Crippen LogP contribution in [0.4, 0.5) is 11.5 Å². The van der Waals surface area contributed by atoms with Gasteiger partial charge in [0.25, 0.3) is 0 Å². The number of aliphatic hydroxyl groups is 1. The van der Waals surface area contributed by atoms with Crippen molar-refractivity contribution in [2.45, 2.75) is 38.8 Å². The first-order chi connectivity index (χ1) is 13.1. The average Bonchev–Trinajstić information content (AvgIpc) is 3.16. The highest BCUT2D eigenvalue weighted by atomic mass is 16.5. The van der Waals surface area contributed by atoms with Crippen LogP contribution >= 0.6 is 0 Å². The average molecular weight is 367 g/mol. The van der Waals surface area contributed by atoms with Gasteiger partial charge in [0.1, 0.15) is 24.5 Å². The van der Waals surface area contributed by atoms with Gasteiger partial charge in [0.2, 0.25) is 5.91 Å². The largest absolute Gasteiger partial charge is 0.491 e. The highest BCUT2D eigenvalue weighted by molar-refractivity contribution is 6.05. The molecular formula is C21H25N3O3. The summed E-state index contributed by atoms with van der Waals surface area (Å²) in [6.45, 7) is 5.22. The molecule has 27 heavy (non-hydrogen) atoms. The van der Waals surface area contributed by atoms with Gasteiger partial charge in [-0.1, -0.05) is 12.1 Å². The summed E-state index contributed by atoms with van der Waals surface area (Å²) in [5, 5.41) is 10.6. The first kappa shape index (κ1) is 17.8. The summed E-state index contributed by atoms with van der Waals surface area (Å²) in [5.74, 6) is 1.64. The zero-order valence-electron chi connectivity index (χ0n) is 15.8. The van der Waals surface area contributed by atoms with Gasteiger partial charge >= 0.3 is 0 Å². The van der Waals surface area contributed by atoms with Crippen LogP contribution in [0.15, 0.2) is 36.5 Å². The first-order valence-electron chi connectivity index (χ1n) is 9.46. The Hall–Kier alpha value is -2.60. The summed E-state index contributed by atoms with van der Waals surface area (Å²) in [5.41, 5.74) is 2.98. The second-order valence-corrected chi connectivity index (χ2v) is 7.31. The zero-order valence-corrected chi connectivity index (χ0v) is 15.8. The van der Waals surface area contributed by atoms with E-state index in [4.69, 9.17) is 4.74 Å². The fourth-order valence-electron chi connectivity index (χ4n) is 3.91. The van der Waals surface area contributed by atoms with Crippen molar-refractivity contribution in [1.29, 1.82) is 0 Å². The van der Waals surface area contributed by atoms with E-state index in [-0.39, 0.29) is 25.1 Å². The molecule has 2 aliphatic heterocycles. The zero-order chi connectivity index (χ0) is 19.0. The smallest absolute Gasteiger partial charge is 0.249 e. The Morgan fingerprint density at radius 3 is 3.00 bits per heavy atom. The number of rotatable bonds is 5. The Balaban J connectivity index is 1.49. The molecule has 1 aromatic heterocycles. The minimum absolute atomic E-state index is 0.0405. The number of ether oxygens (including phenoxy) is 1. The molecule has 0 aliphatic carbocycles. The maximum absolute atomic E-state index is 13.0. The minimum atomic E-state index is -0.783. The fraction of sp³-hybridized carbons (Fsp3) is 0.429. The molecule has 1 aromatic carbocycles. The van der Waals surface area contributed by atoms with Crippen LogP contribution in [-0.2, 0) is 4.79 Å². The van der Waals surface area contributed by atoms with Crippen LogP contribution in [0.5, 0.6) is 5.75 Å². The molecular weight excluding hydrogens is 342 g/mol. The standard InChI is InChI=1S/C21H25N3O3/c1-14-6-3-9-19(15(14)2)27-13-16(25)12-24-17-7-4-10-22-20(17)23-11-5-8-18(23)21(24)26/h3-4,6-7,9-10,16,18,25H,5,8,11-13H2,1-2H3. The van der Waals surface area contributed by atoms with Crippen molar-refractivity contribution < 1.29 is 14.6 Å². The summed E-state index contributed by atoms with van der Waals surface area (Å²) in [4.78, 5) is 21.2. The van der Waals surface area contributed by atoms with Crippen molar-refractivity contribution in [3.63, 3.8) is 0 Å². The first-order valence-corrected chi connectivity index (χ1v) is 9.46. The summed E-state index contributed by atoms with van der Waals surface area (Å²) < 4.78 is 5.82. The topological polar surface area (TPSA) is 65.9 Å². The van der Waals surface area contributed by atoms with E-state index in [2.05, 4.69) is 9.88 Å². The number of carbonyl (C=O) groups is 1. The molecule has 0 bridgehead atoms. The predicted octanol–water partition coefficient (Wildman–Crippen LogP) is 2.45. The van der Waals surface area contributed by atoms with Crippen LogP contribution in [0.25, 0.3) is 0 Å². The van der Waals surface area contributed by atoms with Crippen LogP contribution < -0.4 is 14.5 Å². The number of aliphatic hydroxyl groups excluding tert-OH is 1. The molecule has 2 atom stereocenters. The Morgan fingerprint density at radius 1 is 1.30 bits per heavy atom. The van der Waals surface area contributed by atoms with Gasteiger partial charge in [0.15, 0.2) is 5.82 Å². The number of pyridine rings is 1. The molecule has 1 saturated heterocycles. The SMILES string of the molecule is Cc1cccc(OCC(O)CN2C(=O)C3CCCN3c3ncccc32)c1C. The van der Waals surface area contributed by atoms with E-state index >= 15 is 0 Å². The number of anilines is 2. The van der Waals surface area contributed by atoms with Gasteiger partial charge in [-0.15, -0.1) is 0 Å². The molecule has 2 unspecified atom stereocenters. The van der Waals surface area contributed by atoms with Gasteiger partial charge in [-0.25, -0.2) is 4.98 Å². The number of amides is 1. The number of β-amino-alcohol motifs (C(OH)–C–C–N with tert-alkyl or cyclic N) is 1. The molecule has 1 N–H and O–H groups in total. The molecule has 142 valence electrons. The van der Waals surface area contributed by atoms with Crippen LogP contribution in [0.3, 0.4) is 0 Å². The molecule has 6 heteroatoms. The van der Waals surface area contributed by atoms with E-state index in [9.17, 15) is 9.90 Å². The van der Waals surface area contributed by atoms with Gasteiger partial charge in [0, 0.05) is 12.7 Å². The maximum atomic E-state index is 13.0. The normalized spacial score (nSPS) is 19.7. The third-order valence-electron chi connectivity index (χ3n) is 5.51. The third-order valence-corrected chi connectivity index (χ3v) is 5.51. The quantitative estimate of drug-likeness (QED) is 0.879. The number of aryl methyl sites for hydroxylation is 1. The van der Waals surface area contributed by atoms with Crippen LogP contribution in [0, 0.1) is 13.8 Å². The van der Waals surface area contributed by atoms with Crippen molar-refractivity contribution in [3.8, 4) is 5.75 Å². The molecule has 0 saturated carbocycles. The molecule has 0 radical (unpaired) electrons. The number of fused-ring (bicyclic) bond motifs is 3. The number of hydrogen-bond acceptors (Lipinski definition) is 5. The maximum Gasteiger partial charge on any atom is 0.249 e. The van der Waals surface area contributed by atoms with Crippen molar-refractivity contribution in [2.24, 2.45) is 0 Å². The molecule has 2 aromatic rings. The lowest BCUT2D eigenvalue weighted by Gasteiger charge is -2.39. The lowest BCUT2D eigenvalue weighted by atomic mass is 10.1. The molecule has 1 amide bonds. The summed E-state index contributed by atoms with van der Waals surface area (Å²) >= 11 is 0. The number of nitrogens with zero attached hydrogens (tertiary/aromatic N) is 3. The fourth-order valence-corrected chi connectivity index (χ4v) is 3.91. The van der Waals surface area contributed by atoms with Crippen LogP contribution in [-0.4, -0.2) is 47.8 Å². The van der Waals surface area contributed by atoms with Gasteiger partial charge in [-0.2, -0.15) is 0 Å². The van der Waals surface area contributed by atoms with Gasteiger partial charge in [0.05, 0.1) is 12.2 Å². The second-order valence-electron chi connectivity index (χ2n) is 7.31.